The summed E-state index contributed by atoms with van der Waals surface area (Å²) in [5, 5.41) is 9.17. The van der Waals surface area contributed by atoms with Crippen molar-refractivity contribution >= 4 is 12.2 Å². The first-order valence-corrected chi connectivity index (χ1v) is 6.86. The summed E-state index contributed by atoms with van der Waals surface area (Å²) in [6.07, 6.45) is 5.65. The third kappa shape index (κ3) is 6.99. The predicted octanol–water partition coefficient (Wildman–Crippen LogP) is 1.83. The zero-order valence-electron chi connectivity index (χ0n) is 12.5. The van der Waals surface area contributed by atoms with Gasteiger partial charge in [-0.05, 0) is 31.4 Å². The summed E-state index contributed by atoms with van der Waals surface area (Å²) < 4.78 is 0.898. The van der Waals surface area contributed by atoms with E-state index in [0.29, 0.717) is 12.1 Å². The normalized spacial score (nSPS) is 13.6. The molecule has 1 unspecified atom stereocenters. The van der Waals surface area contributed by atoms with Crippen molar-refractivity contribution in [3.8, 4) is 0 Å². The Hall–Kier alpha value is -1.75. The number of carboxylic acid groups (broad SMARTS) is 1. The van der Waals surface area contributed by atoms with Crippen molar-refractivity contribution in [2.45, 2.75) is 25.3 Å². The molecule has 0 aliphatic carbocycles. The number of nitrogens with zero attached hydrogens (tertiary/aromatic N) is 3. The lowest BCUT2D eigenvalue weighted by Crippen LogP contribution is -2.35. The van der Waals surface area contributed by atoms with E-state index in [2.05, 4.69) is 31.1 Å². The number of unbranched alkanes of at least 4 members (excludes halogenated alkanes) is 1. The predicted molar refractivity (Wildman–Crippen MR) is 80.0 cm³/mol. The summed E-state index contributed by atoms with van der Waals surface area (Å²) in [5.74, 6) is -0.873. The maximum atomic E-state index is 11.2. The molecule has 5 heteroatoms. The molecule has 0 radical (unpaired) electrons. The second kappa shape index (κ2) is 7.75. The second-order valence-corrected chi connectivity index (χ2v) is 5.90. The van der Waals surface area contributed by atoms with Crippen LogP contribution in [-0.2, 0) is 4.79 Å². The van der Waals surface area contributed by atoms with Crippen LogP contribution in [0.4, 0.5) is 0 Å². The van der Waals surface area contributed by atoms with Gasteiger partial charge in [0.25, 0.3) is 0 Å². The van der Waals surface area contributed by atoms with Crippen LogP contribution in [-0.4, -0.2) is 60.5 Å². The number of rotatable bonds is 8. The van der Waals surface area contributed by atoms with Gasteiger partial charge in [0.15, 0.2) is 0 Å². The highest BCUT2D eigenvalue weighted by Gasteiger charge is 2.15. The van der Waals surface area contributed by atoms with Crippen LogP contribution >= 0.6 is 0 Å². The van der Waals surface area contributed by atoms with E-state index < -0.39 is 12.0 Å². The SMILES string of the molecule is C[N+](C)(C)CCCCC(N=Cc1ccccn1)C(=O)O. The molecule has 1 heterocycles. The van der Waals surface area contributed by atoms with Gasteiger partial charge in [0.2, 0.25) is 0 Å². The smallest absolute Gasteiger partial charge is 0.328 e. The summed E-state index contributed by atoms with van der Waals surface area (Å²) in [5.41, 5.74) is 0.685. The van der Waals surface area contributed by atoms with Crippen LogP contribution in [0.15, 0.2) is 29.4 Å². The van der Waals surface area contributed by atoms with Gasteiger partial charge in [-0.25, -0.2) is 4.79 Å². The van der Waals surface area contributed by atoms with Gasteiger partial charge in [-0.3, -0.25) is 9.98 Å². The minimum absolute atomic E-state index is 0.568. The molecule has 0 aliphatic heterocycles. The Labute approximate surface area is 120 Å². The van der Waals surface area contributed by atoms with E-state index in [4.69, 9.17) is 0 Å². The minimum Gasteiger partial charge on any atom is -0.480 e. The molecule has 0 amide bonds. The first kappa shape index (κ1) is 16.3. The van der Waals surface area contributed by atoms with Crippen molar-refractivity contribution in [3.05, 3.63) is 30.1 Å². The number of hydrogen-bond donors (Lipinski definition) is 1. The summed E-state index contributed by atoms with van der Waals surface area (Å²) in [4.78, 5) is 19.4. The lowest BCUT2D eigenvalue weighted by Gasteiger charge is -2.23. The Kier molecular flexibility index (Phi) is 6.31. The average Bonchev–Trinajstić information content (AvgIpc) is 2.37. The van der Waals surface area contributed by atoms with E-state index >= 15 is 0 Å². The fourth-order valence-electron chi connectivity index (χ4n) is 1.80. The van der Waals surface area contributed by atoms with Crippen LogP contribution < -0.4 is 0 Å². The lowest BCUT2D eigenvalue weighted by atomic mass is 10.1. The molecule has 110 valence electrons. The van der Waals surface area contributed by atoms with Crippen molar-refractivity contribution < 1.29 is 14.4 Å². The number of carbonyl (C=O) groups is 1. The first-order valence-electron chi connectivity index (χ1n) is 6.86. The van der Waals surface area contributed by atoms with Crippen LogP contribution in [0.5, 0.6) is 0 Å². The Morgan fingerprint density at radius 2 is 2.15 bits per heavy atom. The fourth-order valence-corrected chi connectivity index (χ4v) is 1.80. The van der Waals surface area contributed by atoms with Gasteiger partial charge < -0.3 is 9.59 Å². The molecule has 0 fully saturated rings. The maximum absolute atomic E-state index is 11.2. The number of hydrogen-bond acceptors (Lipinski definition) is 3. The fraction of sp³-hybridized carbons (Fsp3) is 0.533. The number of pyridine rings is 1. The zero-order valence-corrected chi connectivity index (χ0v) is 12.5. The van der Waals surface area contributed by atoms with E-state index in [9.17, 15) is 9.90 Å². The summed E-state index contributed by atoms with van der Waals surface area (Å²) in [7, 11) is 6.40. The third-order valence-corrected chi connectivity index (χ3v) is 2.92. The highest BCUT2D eigenvalue weighted by atomic mass is 16.4. The Morgan fingerprint density at radius 3 is 2.70 bits per heavy atom. The molecule has 1 aromatic rings. The van der Waals surface area contributed by atoms with E-state index in [1.165, 1.54) is 0 Å². The van der Waals surface area contributed by atoms with E-state index in [1.807, 2.05) is 12.1 Å². The highest BCUT2D eigenvalue weighted by Crippen LogP contribution is 2.07. The zero-order chi connectivity index (χ0) is 15.0. The van der Waals surface area contributed by atoms with Gasteiger partial charge in [-0.2, -0.15) is 0 Å². The third-order valence-electron chi connectivity index (χ3n) is 2.92. The lowest BCUT2D eigenvalue weighted by molar-refractivity contribution is -0.870. The van der Waals surface area contributed by atoms with Crippen molar-refractivity contribution in [1.29, 1.82) is 0 Å². The Morgan fingerprint density at radius 1 is 1.40 bits per heavy atom. The molecule has 0 spiro atoms. The van der Waals surface area contributed by atoms with Gasteiger partial charge in [0.1, 0.15) is 6.04 Å². The number of aliphatic imine (C=N–C) groups is 1. The van der Waals surface area contributed by atoms with Crippen LogP contribution in [0, 0.1) is 0 Å². The molecule has 1 N–H and O–H groups in total. The molecule has 0 saturated carbocycles. The van der Waals surface area contributed by atoms with Crippen LogP contribution in [0.3, 0.4) is 0 Å². The summed E-state index contributed by atoms with van der Waals surface area (Å²) in [6, 6.07) is 4.80. The molecule has 0 aliphatic rings. The van der Waals surface area contributed by atoms with E-state index in [-0.39, 0.29) is 0 Å². The topological polar surface area (TPSA) is 62.5 Å². The molecule has 0 bridgehead atoms. The molecule has 1 rings (SSSR count). The molecular formula is C15H24N3O2+. The number of carboxylic acids is 1. The molecule has 20 heavy (non-hydrogen) atoms. The van der Waals surface area contributed by atoms with Crippen molar-refractivity contribution in [1.82, 2.24) is 4.98 Å². The van der Waals surface area contributed by atoms with Crippen LogP contribution in [0.2, 0.25) is 0 Å². The van der Waals surface area contributed by atoms with Crippen molar-refractivity contribution in [3.63, 3.8) is 0 Å². The maximum Gasteiger partial charge on any atom is 0.328 e. The van der Waals surface area contributed by atoms with E-state index in [0.717, 1.165) is 23.9 Å². The molecule has 0 saturated heterocycles. The van der Waals surface area contributed by atoms with Crippen LogP contribution in [0.1, 0.15) is 25.0 Å². The molecule has 1 atom stereocenters. The molecule has 0 aromatic carbocycles. The monoisotopic (exact) mass is 278 g/mol. The quantitative estimate of drug-likeness (QED) is 0.448. The van der Waals surface area contributed by atoms with Gasteiger partial charge in [0, 0.05) is 12.4 Å². The summed E-state index contributed by atoms with van der Waals surface area (Å²) >= 11 is 0. The second-order valence-electron chi connectivity index (χ2n) is 5.90. The summed E-state index contributed by atoms with van der Waals surface area (Å²) in [6.45, 7) is 1.04. The van der Waals surface area contributed by atoms with Crippen LogP contribution in [0.25, 0.3) is 0 Å². The number of quaternary nitrogens is 1. The van der Waals surface area contributed by atoms with E-state index in [1.54, 1.807) is 18.5 Å². The average molecular weight is 278 g/mol. The van der Waals surface area contributed by atoms with Gasteiger partial charge in [-0.15, -0.1) is 0 Å². The standard InChI is InChI=1S/C15H23N3O2/c1-18(2,3)11-7-5-9-14(15(19)20)17-12-13-8-4-6-10-16-13/h4,6,8,10,12,14H,5,7,9,11H2,1-3H3/p+1. The number of aliphatic carboxylic acids is 1. The van der Waals surface area contributed by atoms with Gasteiger partial charge in [-0.1, -0.05) is 6.07 Å². The molecular weight excluding hydrogens is 254 g/mol. The minimum atomic E-state index is -0.873. The first-order chi connectivity index (χ1) is 9.38. The molecule has 1 aromatic heterocycles. The van der Waals surface area contributed by atoms with Crippen molar-refractivity contribution in [2.75, 3.05) is 27.7 Å². The largest absolute Gasteiger partial charge is 0.480 e. The van der Waals surface area contributed by atoms with Gasteiger partial charge >= 0.3 is 5.97 Å². The highest BCUT2D eigenvalue weighted by molar-refractivity contribution is 5.81. The Balaban J connectivity index is 2.45. The van der Waals surface area contributed by atoms with Crippen molar-refractivity contribution in [2.24, 2.45) is 4.99 Å². The number of aromatic nitrogens is 1. The van der Waals surface area contributed by atoms with Gasteiger partial charge in [0.05, 0.1) is 33.4 Å². The molecule has 5 nitrogen and oxygen atoms in total. The Bertz CT molecular complexity index is 438.